The number of nitrogens with zero attached hydrogens (tertiary/aromatic N) is 1. The molecule has 18 heavy (non-hydrogen) atoms. The van der Waals surface area contributed by atoms with Gasteiger partial charge in [-0.2, -0.15) is 0 Å². The lowest BCUT2D eigenvalue weighted by Gasteiger charge is -2.35. The number of hydrogen-bond acceptors (Lipinski definition) is 2. The van der Waals surface area contributed by atoms with Crippen molar-refractivity contribution < 1.29 is 0 Å². The van der Waals surface area contributed by atoms with Crippen molar-refractivity contribution in [1.29, 1.82) is 0 Å². The highest BCUT2D eigenvalue weighted by atomic mass is 14.7. The van der Waals surface area contributed by atoms with Crippen LogP contribution in [0.5, 0.6) is 0 Å². The number of hydrogen-bond donors (Lipinski definition) is 1. The Morgan fingerprint density at radius 3 is 2.06 bits per heavy atom. The van der Waals surface area contributed by atoms with Crippen LogP contribution >= 0.6 is 0 Å². The van der Waals surface area contributed by atoms with Crippen LogP contribution < -0.4 is 5.73 Å². The SMILES string of the molecule is Cc1cc(C(N)C2CC(C)CC(C)C2)cc(C)n1. The molecule has 3 unspecified atom stereocenters. The first-order chi connectivity index (χ1) is 8.45. The lowest BCUT2D eigenvalue weighted by Crippen LogP contribution is -2.29. The summed E-state index contributed by atoms with van der Waals surface area (Å²) in [4.78, 5) is 4.44. The molecule has 3 atom stereocenters. The second-order valence-corrected chi connectivity index (χ2v) is 6.39. The summed E-state index contributed by atoms with van der Waals surface area (Å²) in [6, 6.07) is 4.49. The molecule has 0 radical (unpaired) electrons. The Hall–Kier alpha value is -0.890. The van der Waals surface area contributed by atoms with Gasteiger partial charge in [-0.15, -0.1) is 0 Å². The lowest BCUT2D eigenvalue weighted by molar-refractivity contribution is 0.193. The Morgan fingerprint density at radius 1 is 1.06 bits per heavy atom. The molecule has 2 N–H and O–H groups in total. The zero-order valence-electron chi connectivity index (χ0n) is 12.1. The van der Waals surface area contributed by atoms with Crippen molar-refractivity contribution in [2.24, 2.45) is 23.5 Å². The van der Waals surface area contributed by atoms with Crippen molar-refractivity contribution in [1.82, 2.24) is 4.98 Å². The van der Waals surface area contributed by atoms with Gasteiger partial charge in [-0.1, -0.05) is 13.8 Å². The number of aromatic nitrogens is 1. The molecule has 0 aromatic carbocycles. The van der Waals surface area contributed by atoms with Crippen molar-refractivity contribution in [2.75, 3.05) is 0 Å². The van der Waals surface area contributed by atoms with Gasteiger partial charge in [0.05, 0.1) is 0 Å². The van der Waals surface area contributed by atoms with Crippen molar-refractivity contribution >= 4 is 0 Å². The molecular weight excluding hydrogens is 220 g/mol. The average molecular weight is 246 g/mol. The second kappa shape index (κ2) is 5.40. The summed E-state index contributed by atoms with van der Waals surface area (Å²) in [5, 5.41) is 0. The zero-order chi connectivity index (χ0) is 13.3. The molecule has 100 valence electrons. The third-order valence-electron chi connectivity index (χ3n) is 4.21. The fourth-order valence-electron chi connectivity index (χ4n) is 3.63. The van der Waals surface area contributed by atoms with E-state index in [1.807, 2.05) is 0 Å². The maximum atomic E-state index is 6.50. The zero-order valence-corrected chi connectivity index (χ0v) is 12.1. The summed E-state index contributed by atoms with van der Waals surface area (Å²) in [5.41, 5.74) is 9.94. The highest BCUT2D eigenvalue weighted by molar-refractivity contribution is 5.24. The fraction of sp³-hybridized carbons (Fsp3) is 0.688. The molecule has 1 aromatic rings. The third kappa shape index (κ3) is 3.11. The molecule has 2 heteroatoms. The predicted octanol–water partition coefficient (Wildman–Crippen LogP) is 3.77. The van der Waals surface area contributed by atoms with E-state index in [0.717, 1.165) is 23.2 Å². The standard InChI is InChI=1S/C16H26N2/c1-10-5-11(2)7-14(6-10)16(17)15-8-12(3)18-13(4)9-15/h8-11,14,16H,5-7,17H2,1-4H3. The number of rotatable bonds is 2. The molecule has 0 spiro atoms. The van der Waals surface area contributed by atoms with Gasteiger partial charge < -0.3 is 5.73 Å². The molecule has 0 amide bonds. The van der Waals surface area contributed by atoms with E-state index in [4.69, 9.17) is 5.73 Å². The normalized spacial score (nSPS) is 30.2. The summed E-state index contributed by atoms with van der Waals surface area (Å²) >= 11 is 0. The van der Waals surface area contributed by atoms with E-state index in [2.05, 4.69) is 44.8 Å². The largest absolute Gasteiger partial charge is 0.324 e. The molecule has 1 saturated carbocycles. The maximum Gasteiger partial charge on any atom is 0.0379 e. The van der Waals surface area contributed by atoms with Crippen LogP contribution in [0.25, 0.3) is 0 Å². The minimum Gasteiger partial charge on any atom is -0.324 e. The van der Waals surface area contributed by atoms with Crippen LogP contribution in [0, 0.1) is 31.6 Å². The smallest absolute Gasteiger partial charge is 0.0379 e. The molecule has 2 rings (SSSR count). The van der Waals surface area contributed by atoms with E-state index in [9.17, 15) is 0 Å². The van der Waals surface area contributed by atoms with Crippen LogP contribution in [0.4, 0.5) is 0 Å². The van der Waals surface area contributed by atoms with Crippen LogP contribution in [0.15, 0.2) is 12.1 Å². The van der Waals surface area contributed by atoms with Crippen molar-refractivity contribution in [3.8, 4) is 0 Å². The van der Waals surface area contributed by atoms with Crippen molar-refractivity contribution in [2.45, 2.75) is 53.0 Å². The Labute approximate surface area is 111 Å². The number of pyridine rings is 1. The maximum absolute atomic E-state index is 6.50. The monoisotopic (exact) mass is 246 g/mol. The van der Waals surface area contributed by atoms with Gasteiger partial charge in [0.25, 0.3) is 0 Å². The molecule has 1 aliphatic carbocycles. The highest BCUT2D eigenvalue weighted by Gasteiger charge is 2.29. The Balaban J connectivity index is 2.17. The Kier molecular flexibility index (Phi) is 4.06. The fourth-order valence-corrected chi connectivity index (χ4v) is 3.63. The van der Waals surface area contributed by atoms with Gasteiger partial charge in [-0.3, -0.25) is 4.98 Å². The second-order valence-electron chi connectivity index (χ2n) is 6.39. The van der Waals surface area contributed by atoms with E-state index < -0.39 is 0 Å². The van der Waals surface area contributed by atoms with Crippen LogP contribution in [0.2, 0.25) is 0 Å². The molecule has 2 nitrogen and oxygen atoms in total. The molecular formula is C16H26N2. The van der Waals surface area contributed by atoms with Gasteiger partial charge in [0, 0.05) is 17.4 Å². The van der Waals surface area contributed by atoms with Crippen LogP contribution in [-0.4, -0.2) is 4.98 Å². The van der Waals surface area contributed by atoms with Crippen molar-refractivity contribution in [3.63, 3.8) is 0 Å². The number of nitrogens with two attached hydrogens (primary N) is 1. The van der Waals surface area contributed by atoms with E-state index in [0.29, 0.717) is 5.92 Å². The summed E-state index contributed by atoms with van der Waals surface area (Å²) < 4.78 is 0. The summed E-state index contributed by atoms with van der Waals surface area (Å²) in [6.07, 6.45) is 3.90. The minimum absolute atomic E-state index is 0.176. The first-order valence-electron chi connectivity index (χ1n) is 7.16. The van der Waals surface area contributed by atoms with Crippen LogP contribution in [0.1, 0.15) is 56.1 Å². The topological polar surface area (TPSA) is 38.9 Å². The first kappa shape index (κ1) is 13.5. The summed E-state index contributed by atoms with van der Waals surface area (Å²) in [6.45, 7) is 8.82. The quantitative estimate of drug-likeness (QED) is 0.862. The van der Waals surface area contributed by atoms with Gasteiger partial charge in [-0.05, 0) is 68.6 Å². The first-order valence-corrected chi connectivity index (χ1v) is 7.16. The van der Waals surface area contributed by atoms with Crippen molar-refractivity contribution in [3.05, 3.63) is 29.1 Å². The minimum atomic E-state index is 0.176. The molecule has 0 bridgehead atoms. The van der Waals surface area contributed by atoms with Gasteiger partial charge in [-0.25, -0.2) is 0 Å². The third-order valence-corrected chi connectivity index (χ3v) is 4.21. The molecule has 0 saturated heterocycles. The van der Waals surface area contributed by atoms with E-state index in [1.54, 1.807) is 0 Å². The van der Waals surface area contributed by atoms with Crippen LogP contribution in [-0.2, 0) is 0 Å². The molecule has 1 fully saturated rings. The van der Waals surface area contributed by atoms with E-state index in [-0.39, 0.29) is 6.04 Å². The average Bonchev–Trinajstić information content (AvgIpc) is 2.25. The summed E-state index contributed by atoms with van der Waals surface area (Å²) in [7, 11) is 0. The molecule has 1 aliphatic rings. The summed E-state index contributed by atoms with van der Waals surface area (Å²) in [5.74, 6) is 2.26. The molecule has 0 aliphatic heterocycles. The van der Waals surface area contributed by atoms with E-state index >= 15 is 0 Å². The number of aryl methyl sites for hydroxylation is 2. The van der Waals surface area contributed by atoms with Gasteiger partial charge in [0.2, 0.25) is 0 Å². The Morgan fingerprint density at radius 2 is 1.56 bits per heavy atom. The Bertz CT molecular complexity index is 383. The molecule has 1 aromatic heterocycles. The lowest BCUT2D eigenvalue weighted by atomic mass is 9.72. The predicted molar refractivity (Wildman–Crippen MR) is 76.3 cm³/mol. The molecule has 1 heterocycles. The van der Waals surface area contributed by atoms with Gasteiger partial charge >= 0.3 is 0 Å². The van der Waals surface area contributed by atoms with Gasteiger partial charge in [0.1, 0.15) is 0 Å². The van der Waals surface area contributed by atoms with Gasteiger partial charge in [0.15, 0.2) is 0 Å². The van der Waals surface area contributed by atoms with E-state index in [1.165, 1.54) is 24.8 Å². The van der Waals surface area contributed by atoms with Crippen LogP contribution in [0.3, 0.4) is 0 Å². The highest BCUT2D eigenvalue weighted by Crippen LogP contribution is 2.38.